The van der Waals surface area contributed by atoms with Crippen LogP contribution in [-0.4, -0.2) is 28.6 Å². The fourth-order valence-electron chi connectivity index (χ4n) is 2.25. The summed E-state index contributed by atoms with van der Waals surface area (Å²) < 4.78 is 0. The number of nitriles is 1. The van der Waals surface area contributed by atoms with Crippen molar-refractivity contribution in [3.63, 3.8) is 0 Å². The first kappa shape index (κ1) is 11.6. The van der Waals surface area contributed by atoms with Crippen LogP contribution in [0.2, 0.25) is 0 Å². The van der Waals surface area contributed by atoms with Crippen molar-refractivity contribution >= 4 is 5.97 Å². The minimum absolute atomic E-state index is 0.167. The Kier molecular flexibility index (Phi) is 3.40. The first-order valence-corrected chi connectivity index (χ1v) is 5.61. The molecule has 2 atom stereocenters. The highest BCUT2D eigenvalue weighted by Crippen LogP contribution is 2.24. The van der Waals surface area contributed by atoms with Crippen LogP contribution < -0.4 is 0 Å². The molecule has 1 aromatic rings. The van der Waals surface area contributed by atoms with Crippen molar-refractivity contribution in [2.24, 2.45) is 5.92 Å². The molecule has 1 aliphatic rings. The van der Waals surface area contributed by atoms with E-state index in [2.05, 4.69) is 6.07 Å². The SMILES string of the molecule is N#CC1C[C@@H](C(=O)O)N(Cc2ccccc2)C1. The number of likely N-dealkylation sites (tertiary alicyclic amines) is 1. The molecule has 1 heterocycles. The molecule has 1 fully saturated rings. The molecule has 1 unspecified atom stereocenters. The zero-order valence-corrected chi connectivity index (χ0v) is 9.41. The smallest absolute Gasteiger partial charge is 0.320 e. The predicted octanol–water partition coefficient (Wildman–Crippen LogP) is 1.49. The maximum Gasteiger partial charge on any atom is 0.320 e. The normalized spacial score (nSPS) is 24.4. The number of rotatable bonds is 3. The Morgan fingerprint density at radius 2 is 2.18 bits per heavy atom. The van der Waals surface area contributed by atoms with Crippen molar-refractivity contribution < 1.29 is 9.90 Å². The molecule has 1 N–H and O–H groups in total. The van der Waals surface area contributed by atoms with E-state index in [-0.39, 0.29) is 5.92 Å². The van der Waals surface area contributed by atoms with Gasteiger partial charge in [-0.2, -0.15) is 5.26 Å². The topological polar surface area (TPSA) is 64.3 Å². The van der Waals surface area contributed by atoms with Gasteiger partial charge in [0.15, 0.2) is 0 Å². The number of carboxylic acids is 1. The van der Waals surface area contributed by atoms with E-state index in [1.54, 1.807) is 0 Å². The lowest BCUT2D eigenvalue weighted by Crippen LogP contribution is -2.35. The first-order valence-electron chi connectivity index (χ1n) is 5.61. The van der Waals surface area contributed by atoms with E-state index in [0.29, 0.717) is 19.5 Å². The summed E-state index contributed by atoms with van der Waals surface area (Å²) >= 11 is 0. The minimum Gasteiger partial charge on any atom is -0.480 e. The Bertz CT molecular complexity index is 438. The van der Waals surface area contributed by atoms with E-state index in [0.717, 1.165) is 5.56 Å². The highest BCUT2D eigenvalue weighted by molar-refractivity contribution is 5.74. The van der Waals surface area contributed by atoms with E-state index in [1.807, 2.05) is 35.2 Å². The maximum absolute atomic E-state index is 11.1. The minimum atomic E-state index is -0.835. The average molecular weight is 230 g/mol. The third-order valence-corrected chi connectivity index (χ3v) is 3.10. The summed E-state index contributed by atoms with van der Waals surface area (Å²) in [4.78, 5) is 13.0. The van der Waals surface area contributed by atoms with Crippen LogP contribution in [0, 0.1) is 17.2 Å². The van der Waals surface area contributed by atoms with Gasteiger partial charge in [0.25, 0.3) is 0 Å². The molecule has 4 nitrogen and oxygen atoms in total. The Labute approximate surface area is 100 Å². The van der Waals surface area contributed by atoms with Gasteiger partial charge in [-0.25, -0.2) is 0 Å². The average Bonchev–Trinajstić information content (AvgIpc) is 2.74. The molecular formula is C13H14N2O2. The summed E-state index contributed by atoms with van der Waals surface area (Å²) in [6.45, 7) is 1.14. The van der Waals surface area contributed by atoms with Crippen LogP contribution in [-0.2, 0) is 11.3 Å². The van der Waals surface area contributed by atoms with Gasteiger partial charge in [0.2, 0.25) is 0 Å². The van der Waals surface area contributed by atoms with Gasteiger partial charge in [0.1, 0.15) is 6.04 Å². The number of hydrogen-bond acceptors (Lipinski definition) is 3. The van der Waals surface area contributed by atoms with Crippen LogP contribution in [0.5, 0.6) is 0 Å². The van der Waals surface area contributed by atoms with Gasteiger partial charge in [-0.05, 0) is 12.0 Å². The van der Waals surface area contributed by atoms with Crippen LogP contribution in [0.15, 0.2) is 30.3 Å². The molecule has 0 radical (unpaired) electrons. The lowest BCUT2D eigenvalue weighted by molar-refractivity contribution is -0.142. The van der Waals surface area contributed by atoms with Crippen LogP contribution in [0.25, 0.3) is 0 Å². The van der Waals surface area contributed by atoms with E-state index in [4.69, 9.17) is 10.4 Å². The Morgan fingerprint density at radius 1 is 1.47 bits per heavy atom. The Hall–Kier alpha value is -1.86. The number of carboxylic acid groups (broad SMARTS) is 1. The number of hydrogen-bond donors (Lipinski definition) is 1. The van der Waals surface area contributed by atoms with Crippen LogP contribution in [0.4, 0.5) is 0 Å². The van der Waals surface area contributed by atoms with Crippen LogP contribution in [0.1, 0.15) is 12.0 Å². The second-order valence-corrected chi connectivity index (χ2v) is 4.33. The van der Waals surface area contributed by atoms with Gasteiger partial charge >= 0.3 is 5.97 Å². The first-order chi connectivity index (χ1) is 8.20. The zero-order chi connectivity index (χ0) is 12.3. The third kappa shape index (κ3) is 2.63. The molecule has 0 amide bonds. The predicted molar refractivity (Wildman–Crippen MR) is 62.0 cm³/mol. The van der Waals surface area contributed by atoms with E-state index in [1.165, 1.54) is 0 Å². The van der Waals surface area contributed by atoms with Gasteiger partial charge in [-0.1, -0.05) is 30.3 Å². The second kappa shape index (κ2) is 4.98. The summed E-state index contributed by atoms with van der Waals surface area (Å²) in [5.74, 6) is -1.00. The Morgan fingerprint density at radius 3 is 2.76 bits per heavy atom. The molecule has 0 aromatic heterocycles. The van der Waals surface area contributed by atoms with E-state index >= 15 is 0 Å². The monoisotopic (exact) mass is 230 g/mol. The van der Waals surface area contributed by atoms with Crippen LogP contribution >= 0.6 is 0 Å². The number of aliphatic carboxylic acids is 1. The highest BCUT2D eigenvalue weighted by atomic mass is 16.4. The lowest BCUT2D eigenvalue weighted by Gasteiger charge is -2.20. The second-order valence-electron chi connectivity index (χ2n) is 4.33. The Balaban J connectivity index is 2.09. The van der Waals surface area contributed by atoms with Crippen molar-refractivity contribution in [1.29, 1.82) is 5.26 Å². The quantitative estimate of drug-likeness (QED) is 0.854. The van der Waals surface area contributed by atoms with Gasteiger partial charge in [0, 0.05) is 13.1 Å². The fourth-order valence-corrected chi connectivity index (χ4v) is 2.25. The van der Waals surface area contributed by atoms with Gasteiger partial charge in [0.05, 0.1) is 12.0 Å². The fraction of sp³-hybridized carbons (Fsp3) is 0.385. The van der Waals surface area contributed by atoms with Crippen molar-refractivity contribution in [1.82, 2.24) is 4.90 Å². The molecule has 4 heteroatoms. The molecule has 0 saturated carbocycles. The number of benzene rings is 1. The van der Waals surface area contributed by atoms with E-state index in [9.17, 15) is 4.79 Å². The zero-order valence-electron chi connectivity index (χ0n) is 9.41. The van der Waals surface area contributed by atoms with Crippen molar-refractivity contribution in [2.45, 2.75) is 19.0 Å². The third-order valence-electron chi connectivity index (χ3n) is 3.10. The summed E-state index contributed by atoms with van der Waals surface area (Å²) in [6.07, 6.45) is 0.429. The largest absolute Gasteiger partial charge is 0.480 e. The van der Waals surface area contributed by atoms with Gasteiger partial charge < -0.3 is 5.11 Å². The maximum atomic E-state index is 11.1. The molecule has 0 spiro atoms. The summed E-state index contributed by atoms with van der Waals surface area (Å²) in [5, 5.41) is 18.0. The van der Waals surface area contributed by atoms with Gasteiger partial charge in [-0.15, -0.1) is 0 Å². The van der Waals surface area contributed by atoms with E-state index < -0.39 is 12.0 Å². The summed E-state index contributed by atoms with van der Waals surface area (Å²) in [5.41, 5.74) is 1.08. The molecular weight excluding hydrogens is 216 g/mol. The summed E-state index contributed by atoms with van der Waals surface area (Å²) in [6, 6.07) is 11.4. The van der Waals surface area contributed by atoms with Gasteiger partial charge in [-0.3, -0.25) is 9.69 Å². The molecule has 1 aliphatic heterocycles. The molecule has 0 aliphatic carbocycles. The van der Waals surface area contributed by atoms with Crippen molar-refractivity contribution in [3.05, 3.63) is 35.9 Å². The molecule has 17 heavy (non-hydrogen) atoms. The summed E-state index contributed by atoms with van der Waals surface area (Å²) in [7, 11) is 0. The van der Waals surface area contributed by atoms with Crippen molar-refractivity contribution in [3.8, 4) is 6.07 Å². The highest BCUT2D eigenvalue weighted by Gasteiger charge is 2.36. The molecule has 1 aromatic carbocycles. The molecule has 88 valence electrons. The number of carbonyl (C=O) groups is 1. The lowest BCUT2D eigenvalue weighted by atomic mass is 10.1. The molecule has 1 saturated heterocycles. The molecule has 2 rings (SSSR count). The van der Waals surface area contributed by atoms with Crippen LogP contribution in [0.3, 0.4) is 0 Å². The molecule has 0 bridgehead atoms. The number of nitrogens with zero attached hydrogens (tertiary/aromatic N) is 2. The van der Waals surface area contributed by atoms with Crippen molar-refractivity contribution in [2.75, 3.05) is 6.54 Å². The standard InChI is InChI=1S/C13H14N2O2/c14-7-11-6-12(13(16)17)15(9-11)8-10-4-2-1-3-5-10/h1-5,11-12H,6,8-9H2,(H,16,17)/t11?,12-/m0/s1.